The molecule has 1 heterocycles. The van der Waals surface area contributed by atoms with Crippen LogP contribution in [0.3, 0.4) is 0 Å². The van der Waals surface area contributed by atoms with Crippen molar-refractivity contribution in [3.8, 4) is 5.69 Å². The van der Waals surface area contributed by atoms with E-state index < -0.39 is 9.84 Å². The van der Waals surface area contributed by atoms with Crippen molar-refractivity contribution in [3.63, 3.8) is 0 Å². The van der Waals surface area contributed by atoms with E-state index in [1.165, 1.54) is 11.0 Å². The maximum atomic E-state index is 12.7. The van der Waals surface area contributed by atoms with Crippen LogP contribution in [0.4, 0.5) is 0 Å². The number of aromatic nitrogens is 3. The molecule has 106 valence electrons. The molecule has 0 bridgehead atoms. The first-order valence-corrected chi connectivity index (χ1v) is 7.84. The highest BCUT2D eigenvalue weighted by molar-refractivity contribution is 7.91. The third-order valence-electron chi connectivity index (χ3n) is 3.09. The first-order valence-electron chi connectivity index (χ1n) is 6.36. The summed E-state index contributed by atoms with van der Waals surface area (Å²) in [5.41, 5.74) is 1.65. The Morgan fingerprint density at radius 2 is 1.62 bits per heavy atom. The van der Waals surface area contributed by atoms with Crippen molar-refractivity contribution in [2.75, 3.05) is 0 Å². The van der Waals surface area contributed by atoms with Crippen molar-refractivity contribution >= 4 is 9.84 Å². The molecule has 21 heavy (non-hydrogen) atoms. The Morgan fingerprint density at radius 3 is 2.29 bits per heavy atom. The van der Waals surface area contributed by atoms with E-state index in [1.807, 2.05) is 25.1 Å². The number of hydrogen-bond acceptors (Lipinski definition) is 4. The topological polar surface area (TPSA) is 64.8 Å². The fourth-order valence-corrected chi connectivity index (χ4v) is 3.25. The van der Waals surface area contributed by atoms with Crippen molar-refractivity contribution in [1.82, 2.24) is 14.8 Å². The lowest BCUT2D eigenvalue weighted by Gasteiger charge is -2.07. The minimum absolute atomic E-state index is 0.0856. The molecular formula is C15H13N3O2S. The highest BCUT2D eigenvalue weighted by Gasteiger charge is 2.24. The zero-order valence-corrected chi connectivity index (χ0v) is 12.2. The van der Waals surface area contributed by atoms with E-state index in [0.29, 0.717) is 5.69 Å². The van der Waals surface area contributed by atoms with Gasteiger partial charge in [-0.2, -0.15) is 5.10 Å². The maximum absolute atomic E-state index is 12.7. The number of nitrogens with zero attached hydrogens (tertiary/aromatic N) is 3. The predicted molar refractivity (Wildman–Crippen MR) is 78.0 cm³/mol. The Labute approximate surface area is 122 Å². The van der Waals surface area contributed by atoms with Crippen LogP contribution in [0.2, 0.25) is 0 Å². The lowest BCUT2D eigenvalue weighted by atomic mass is 10.2. The Hall–Kier alpha value is -2.47. The third-order valence-corrected chi connectivity index (χ3v) is 4.74. The molecule has 0 radical (unpaired) electrons. The fourth-order valence-electron chi connectivity index (χ4n) is 1.98. The summed E-state index contributed by atoms with van der Waals surface area (Å²) in [6, 6.07) is 15.7. The number of aryl methyl sites for hydroxylation is 1. The van der Waals surface area contributed by atoms with Gasteiger partial charge in [-0.1, -0.05) is 35.9 Å². The van der Waals surface area contributed by atoms with E-state index in [-0.39, 0.29) is 10.1 Å². The van der Waals surface area contributed by atoms with Crippen LogP contribution in [-0.2, 0) is 9.84 Å². The highest BCUT2D eigenvalue weighted by Crippen LogP contribution is 2.21. The molecule has 0 N–H and O–H groups in total. The van der Waals surface area contributed by atoms with Gasteiger partial charge in [-0.3, -0.25) is 0 Å². The van der Waals surface area contributed by atoms with E-state index in [9.17, 15) is 8.42 Å². The molecule has 0 atom stereocenters. The second-order valence-corrected chi connectivity index (χ2v) is 6.45. The Balaban J connectivity index is 2.13. The van der Waals surface area contributed by atoms with Gasteiger partial charge in [0.05, 0.1) is 10.6 Å². The van der Waals surface area contributed by atoms with E-state index in [1.54, 1.807) is 36.4 Å². The highest BCUT2D eigenvalue weighted by atomic mass is 32.2. The van der Waals surface area contributed by atoms with Crippen LogP contribution in [0.5, 0.6) is 0 Å². The quantitative estimate of drug-likeness (QED) is 0.745. The first kappa shape index (κ1) is 13.5. The monoisotopic (exact) mass is 299 g/mol. The fraction of sp³-hybridized carbons (Fsp3) is 0.0667. The number of sulfone groups is 1. The SMILES string of the molecule is Cc1ccc(S(=O)(=O)c2ncnn2-c2ccccc2)cc1. The molecule has 0 amide bonds. The molecule has 0 saturated heterocycles. The third kappa shape index (κ3) is 2.45. The molecule has 2 aromatic carbocycles. The standard InChI is InChI=1S/C15H13N3O2S/c1-12-7-9-14(10-8-12)21(19,20)15-16-11-17-18(15)13-5-3-2-4-6-13/h2-11H,1H3. The summed E-state index contributed by atoms with van der Waals surface area (Å²) in [6.07, 6.45) is 1.24. The Kier molecular flexibility index (Phi) is 3.31. The zero-order chi connectivity index (χ0) is 14.9. The molecule has 3 rings (SSSR count). The minimum Gasteiger partial charge on any atom is -0.215 e. The molecule has 0 unspecified atom stereocenters. The molecule has 0 aliphatic rings. The van der Waals surface area contributed by atoms with Crippen LogP contribution in [0, 0.1) is 6.92 Å². The number of benzene rings is 2. The summed E-state index contributed by atoms with van der Waals surface area (Å²) in [5, 5.41) is 3.94. The van der Waals surface area contributed by atoms with Gasteiger partial charge in [0.25, 0.3) is 5.16 Å². The molecule has 1 aromatic heterocycles. The van der Waals surface area contributed by atoms with Gasteiger partial charge in [0.2, 0.25) is 9.84 Å². The average molecular weight is 299 g/mol. The summed E-state index contributed by atoms with van der Waals surface area (Å²) >= 11 is 0. The smallest absolute Gasteiger partial charge is 0.215 e. The maximum Gasteiger partial charge on any atom is 0.255 e. The van der Waals surface area contributed by atoms with Crippen LogP contribution in [0.25, 0.3) is 5.69 Å². The lowest BCUT2D eigenvalue weighted by Crippen LogP contribution is -2.11. The zero-order valence-electron chi connectivity index (χ0n) is 11.3. The molecule has 3 aromatic rings. The van der Waals surface area contributed by atoms with Crippen molar-refractivity contribution in [1.29, 1.82) is 0 Å². The average Bonchev–Trinajstić information content (AvgIpc) is 2.99. The van der Waals surface area contributed by atoms with Crippen molar-refractivity contribution in [3.05, 3.63) is 66.5 Å². The van der Waals surface area contributed by atoms with Gasteiger partial charge >= 0.3 is 0 Å². The van der Waals surface area contributed by atoms with Crippen molar-refractivity contribution < 1.29 is 8.42 Å². The van der Waals surface area contributed by atoms with Gasteiger partial charge in [-0.25, -0.2) is 18.1 Å². The number of hydrogen-bond donors (Lipinski definition) is 0. The van der Waals surface area contributed by atoms with Gasteiger partial charge in [-0.05, 0) is 31.2 Å². The van der Waals surface area contributed by atoms with Crippen LogP contribution >= 0.6 is 0 Å². The van der Waals surface area contributed by atoms with E-state index >= 15 is 0 Å². The largest absolute Gasteiger partial charge is 0.255 e. The molecule has 0 saturated carbocycles. The van der Waals surface area contributed by atoms with E-state index in [4.69, 9.17) is 0 Å². The van der Waals surface area contributed by atoms with Gasteiger partial charge < -0.3 is 0 Å². The van der Waals surface area contributed by atoms with Crippen LogP contribution in [0.15, 0.2) is 71.0 Å². The van der Waals surface area contributed by atoms with Crippen LogP contribution in [0.1, 0.15) is 5.56 Å². The predicted octanol–water partition coefficient (Wildman–Crippen LogP) is 2.41. The van der Waals surface area contributed by atoms with Gasteiger partial charge in [0.15, 0.2) is 0 Å². The molecule has 5 nitrogen and oxygen atoms in total. The summed E-state index contributed by atoms with van der Waals surface area (Å²) < 4.78 is 26.7. The lowest BCUT2D eigenvalue weighted by molar-refractivity contribution is 0.580. The number of para-hydroxylation sites is 1. The second kappa shape index (κ2) is 5.14. The molecule has 0 spiro atoms. The molecule has 6 heteroatoms. The Bertz CT molecular complexity index is 853. The molecule has 0 aliphatic carbocycles. The Morgan fingerprint density at radius 1 is 0.952 bits per heavy atom. The first-order chi connectivity index (χ1) is 10.1. The summed E-state index contributed by atoms with van der Waals surface area (Å²) in [5.74, 6) is 0. The number of rotatable bonds is 3. The van der Waals surface area contributed by atoms with Gasteiger partial charge in [-0.15, -0.1) is 0 Å². The van der Waals surface area contributed by atoms with Crippen molar-refractivity contribution in [2.45, 2.75) is 17.0 Å². The van der Waals surface area contributed by atoms with E-state index in [2.05, 4.69) is 10.1 Å². The normalized spacial score (nSPS) is 11.5. The van der Waals surface area contributed by atoms with Gasteiger partial charge in [0.1, 0.15) is 6.33 Å². The molecule has 0 aliphatic heterocycles. The summed E-state index contributed by atoms with van der Waals surface area (Å²) in [4.78, 5) is 4.13. The van der Waals surface area contributed by atoms with Crippen LogP contribution in [-0.4, -0.2) is 23.2 Å². The second-order valence-electron chi connectivity index (χ2n) is 4.61. The van der Waals surface area contributed by atoms with E-state index in [0.717, 1.165) is 5.56 Å². The van der Waals surface area contributed by atoms with Crippen LogP contribution < -0.4 is 0 Å². The van der Waals surface area contributed by atoms with Gasteiger partial charge in [0, 0.05) is 0 Å². The van der Waals surface area contributed by atoms with Crippen molar-refractivity contribution in [2.24, 2.45) is 0 Å². The molecular weight excluding hydrogens is 286 g/mol. The molecule has 0 fully saturated rings. The summed E-state index contributed by atoms with van der Waals surface area (Å²) in [7, 11) is -3.70. The summed E-state index contributed by atoms with van der Waals surface area (Å²) in [6.45, 7) is 1.91. The minimum atomic E-state index is -3.70.